The van der Waals surface area contributed by atoms with Crippen LogP contribution < -0.4 is 16.6 Å². The summed E-state index contributed by atoms with van der Waals surface area (Å²) in [6.45, 7) is 3.55. The molecule has 1 atom stereocenters. The maximum absolute atomic E-state index is 12.4. The lowest BCUT2D eigenvalue weighted by molar-refractivity contribution is 0.174. The van der Waals surface area contributed by atoms with Crippen molar-refractivity contribution < 1.29 is 10.2 Å². The van der Waals surface area contributed by atoms with Crippen LogP contribution >= 0.6 is 0 Å². The summed E-state index contributed by atoms with van der Waals surface area (Å²) in [5.41, 5.74) is 1.59. The van der Waals surface area contributed by atoms with Gasteiger partial charge in [0.1, 0.15) is 5.75 Å². The number of imidazole rings is 1. The maximum Gasteiger partial charge on any atom is 0.332 e. The number of aliphatic hydroxyl groups excluding tert-OH is 1. The van der Waals surface area contributed by atoms with E-state index in [1.807, 2.05) is 0 Å². The highest BCUT2D eigenvalue weighted by Gasteiger charge is 2.14. The Hall–Kier alpha value is -2.91. The van der Waals surface area contributed by atoms with E-state index < -0.39 is 6.10 Å². The number of aromatic nitrogens is 4. The Labute approximate surface area is 167 Å². The summed E-state index contributed by atoms with van der Waals surface area (Å²) in [5.74, 6) is 0.218. The molecule has 2 heterocycles. The normalized spacial score (nSPS) is 12.6. The van der Waals surface area contributed by atoms with Crippen molar-refractivity contribution in [3.8, 4) is 5.75 Å². The number of hydrogen-bond donors (Lipinski definition) is 3. The number of nitrogens with one attached hydrogen (secondary N) is 1. The van der Waals surface area contributed by atoms with Crippen molar-refractivity contribution in [2.45, 2.75) is 32.4 Å². The summed E-state index contributed by atoms with van der Waals surface area (Å²) in [4.78, 5) is 28.6. The fraction of sp³-hybridized carbons (Fsp3) is 0.450. The molecule has 0 bridgehead atoms. The molecule has 0 saturated heterocycles. The number of phenols is 1. The van der Waals surface area contributed by atoms with E-state index in [0.29, 0.717) is 24.3 Å². The van der Waals surface area contributed by atoms with Crippen LogP contribution in [0.15, 0.2) is 34.1 Å². The molecule has 3 aromatic rings. The van der Waals surface area contributed by atoms with Crippen molar-refractivity contribution in [3.63, 3.8) is 0 Å². The highest BCUT2D eigenvalue weighted by molar-refractivity contribution is 5.69. The van der Waals surface area contributed by atoms with Gasteiger partial charge in [-0.05, 0) is 49.6 Å². The van der Waals surface area contributed by atoms with Gasteiger partial charge in [0.05, 0.1) is 12.4 Å². The number of hydrogen-bond acceptors (Lipinski definition) is 6. The average molecular weight is 401 g/mol. The number of aliphatic hydroxyl groups is 1. The molecule has 1 aromatic carbocycles. The Morgan fingerprint density at radius 3 is 2.66 bits per heavy atom. The molecule has 0 spiro atoms. The van der Waals surface area contributed by atoms with E-state index in [9.17, 15) is 19.8 Å². The Morgan fingerprint density at radius 1 is 1.17 bits per heavy atom. The molecule has 9 heteroatoms. The van der Waals surface area contributed by atoms with Crippen LogP contribution in [0.25, 0.3) is 11.2 Å². The van der Waals surface area contributed by atoms with Crippen molar-refractivity contribution in [1.29, 1.82) is 0 Å². The number of benzene rings is 1. The van der Waals surface area contributed by atoms with Crippen LogP contribution in [0.1, 0.15) is 30.1 Å². The zero-order valence-electron chi connectivity index (χ0n) is 16.9. The zero-order valence-corrected chi connectivity index (χ0v) is 16.9. The van der Waals surface area contributed by atoms with Crippen LogP contribution in [0.5, 0.6) is 5.75 Å². The molecule has 1 unspecified atom stereocenters. The molecule has 156 valence electrons. The lowest BCUT2D eigenvalue weighted by Crippen LogP contribution is -2.37. The van der Waals surface area contributed by atoms with Gasteiger partial charge in [0.2, 0.25) is 0 Å². The minimum Gasteiger partial charge on any atom is -0.508 e. The summed E-state index contributed by atoms with van der Waals surface area (Å²) in [6, 6.07) is 5.08. The molecule has 0 aliphatic heterocycles. The Balaban J connectivity index is 1.51. The smallest absolute Gasteiger partial charge is 0.332 e. The molecule has 0 aliphatic rings. The standard InChI is InChI=1S/C20H27N5O4/c1-13-10-14(6-7-15(13)26)16(27)11-21-8-4-5-9-25-12-22-18-17(25)19(28)24(3)20(29)23(18)2/h6-7,10,12,16,21,26-27H,4-5,8-9,11H2,1-3H3. The Morgan fingerprint density at radius 2 is 1.93 bits per heavy atom. The Bertz CT molecular complexity index is 1130. The number of nitrogens with zero attached hydrogens (tertiary/aromatic N) is 4. The van der Waals surface area contributed by atoms with Gasteiger partial charge in [-0.3, -0.25) is 13.9 Å². The molecule has 3 N–H and O–H groups in total. The minimum absolute atomic E-state index is 0.218. The molecule has 0 saturated carbocycles. The molecular formula is C20H27N5O4. The van der Waals surface area contributed by atoms with Crippen LogP contribution in [0.2, 0.25) is 0 Å². The second kappa shape index (κ2) is 8.62. The molecule has 29 heavy (non-hydrogen) atoms. The Kier molecular flexibility index (Phi) is 6.19. The first-order chi connectivity index (χ1) is 13.8. The SMILES string of the molecule is Cc1cc(C(O)CNCCCCn2cnc3c2c(=O)n(C)c(=O)n3C)ccc1O. The van der Waals surface area contributed by atoms with E-state index in [2.05, 4.69) is 10.3 Å². The average Bonchev–Trinajstić information content (AvgIpc) is 3.13. The van der Waals surface area contributed by atoms with Crippen molar-refractivity contribution in [2.24, 2.45) is 14.1 Å². The second-order valence-corrected chi connectivity index (χ2v) is 7.29. The summed E-state index contributed by atoms with van der Waals surface area (Å²) in [5, 5.41) is 23.0. The van der Waals surface area contributed by atoms with Gasteiger partial charge in [-0.2, -0.15) is 0 Å². The van der Waals surface area contributed by atoms with E-state index in [1.54, 1.807) is 43.1 Å². The third-order valence-electron chi connectivity index (χ3n) is 5.16. The van der Waals surface area contributed by atoms with Crippen molar-refractivity contribution >= 4 is 11.2 Å². The number of aromatic hydroxyl groups is 1. The maximum atomic E-state index is 12.4. The van der Waals surface area contributed by atoms with E-state index in [-0.39, 0.29) is 17.0 Å². The quantitative estimate of drug-likeness (QED) is 0.475. The molecule has 0 radical (unpaired) electrons. The van der Waals surface area contributed by atoms with Gasteiger partial charge in [-0.25, -0.2) is 9.78 Å². The summed E-state index contributed by atoms with van der Waals surface area (Å²) >= 11 is 0. The molecule has 9 nitrogen and oxygen atoms in total. The highest BCUT2D eigenvalue weighted by atomic mass is 16.3. The number of fused-ring (bicyclic) bond motifs is 1. The molecule has 2 aromatic heterocycles. The summed E-state index contributed by atoms with van der Waals surface area (Å²) < 4.78 is 4.25. The molecular weight excluding hydrogens is 374 g/mol. The molecule has 0 amide bonds. The number of rotatable bonds is 8. The fourth-order valence-corrected chi connectivity index (χ4v) is 3.34. The first-order valence-corrected chi connectivity index (χ1v) is 9.60. The third kappa shape index (κ3) is 4.25. The first-order valence-electron chi connectivity index (χ1n) is 9.60. The van der Waals surface area contributed by atoms with Crippen LogP contribution in [-0.2, 0) is 20.6 Å². The van der Waals surface area contributed by atoms with Gasteiger partial charge in [0, 0.05) is 27.2 Å². The van der Waals surface area contributed by atoms with Crippen LogP contribution in [0.3, 0.4) is 0 Å². The van der Waals surface area contributed by atoms with Gasteiger partial charge in [-0.15, -0.1) is 0 Å². The largest absolute Gasteiger partial charge is 0.508 e. The van der Waals surface area contributed by atoms with Gasteiger partial charge in [-0.1, -0.05) is 6.07 Å². The van der Waals surface area contributed by atoms with Crippen molar-refractivity contribution in [2.75, 3.05) is 13.1 Å². The van der Waals surface area contributed by atoms with Crippen LogP contribution in [0.4, 0.5) is 0 Å². The lowest BCUT2D eigenvalue weighted by atomic mass is 10.1. The summed E-state index contributed by atoms with van der Waals surface area (Å²) in [7, 11) is 3.07. The number of unbranched alkanes of at least 4 members (excludes halogenated alkanes) is 1. The second-order valence-electron chi connectivity index (χ2n) is 7.29. The van der Waals surface area contributed by atoms with Crippen LogP contribution in [0, 0.1) is 6.92 Å². The van der Waals surface area contributed by atoms with Gasteiger partial charge in [0.25, 0.3) is 5.56 Å². The number of phenolic OH excluding ortho intramolecular Hbond substituents is 1. The summed E-state index contributed by atoms with van der Waals surface area (Å²) in [6.07, 6.45) is 2.62. The van der Waals surface area contributed by atoms with Crippen molar-refractivity contribution in [3.05, 3.63) is 56.5 Å². The molecule has 0 fully saturated rings. The van der Waals surface area contributed by atoms with Gasteiger partial charge < -0.3 is 20.1 Å². The first kappa shape index (κ1) is 20.8. The predicted molar refractivity (Wildman–Crippen MR) is 110 cm³/mol. The van der Waals surface area contributed by atoms with E-state index in [0.717, 1.165) is 35.1 Å². The van der Waals surface area contributed by atoms with Gasteiger partial charge in [0.15, 0.2) is 11.2 Å². The van der Waals surface area contributed by atoms with E-state index >= 15 is 0 Å². The van der Waals surface area contributed by atoms with Crippen molar-refractivity contribution in [1.82, 2.24) is 24.0 Å². The molecule has 3 rings (SSSR count). The highest BCUT2D eigenvalue weighted by Crippen LogP contribution is 2.21. The fourth-order valence-electron chi connectivity index (χ4n) is 3.34. The zero-order chi connectivity index (χ0) is 21.1. The van der Waals surface area contributed by atoms with E-state index in [4.69, 9.17) is 0 Å². The third-order valence-corrected chi connectivity index (χ3v) is 5.16. The minimum atomic E-state index is -0.642. The monoisotopic (exact) mass is 401 g/mol. The predicted octanol–water partition coefficient (Wildman–Crippen LogP) is 0.551. The van der Waals surface area contributed by atoms with Crippen LogP contribution in [-0.4, -0.2) is 42.0 Å². The molecule has 0 aliphatic carbocycles. The topological polar surface area (TPSA) is 114 Å². The lowest BCUT2D eigenvalue weighted by Gasteiger charge is -2.13. The van der Waals surface area contributed by atoms with E-state index in [1.165, 1.54) is 11.6 Å². The number of aryl methyl sites for hydroxylation is 3. The van der Waals surface area contributed by atoms with Gasteiger partial charge >= 0.3 is 5.69 Å².